The molecule has 0 aliphatic heterocycles. The normalized spacial score (nSPS) is 12.2. The molecule has 0 N–H and O–H groups in total. The molecule has 0 bridgehead atoms. The van der Waals surface area contributed by atoms with Crippen molar-refractivity contribution in [2.45, 2.75) is 19.3 Å². The van der Waals surface area contributed by atoms with Crippen LogP contribution in [0.3, 0.4) is 0 Å². The van der Waals surface area contributed by atoms with Gasteiger partial charge in [-0.3, -0.25) is 0 Å². The fraction of sp³-hybridized carbons (Fsp3) is 0.211. The molecule has 0 saturated carbocycles. The molecule has 0 aliphatic rings. The van der Waals surface area contributed by atoms with Gasteiger partial charge in [0.15, 0.2) is 0 Å². The Labute approximate surface area is 156 Å². The van der Waals surface area contributed by atoms with Crippen molar-refractivity contribution in [3.05, 3.63) is 65.2 Å². The summed E-state index contributed by atoms with van der Waals surface area (Å²) in [6, 6.07) is 6.65. The Bertz CT molecular complexity index is 819. The van der Waals surface area contributed by atoms with E-state index in [1.807, 2.05) is 0 Å². The third kappa shape index (κ3) is 6.04. The Morgan fingerprint density at radius 1 is 0.893 bits per heavy atom. The average Bonchev–Trinajstić information content (AvgIpc) is 2.60. The Hall–Kier alpha value is -2.97. The summed E-state index contributed by atoms with van der Waals surface area (Å²) in [6.45, 7) is 1.86. The van der Waals surface area contributed by atoms with Gasteiger partial charge in [-0.15, -0.1) is 0 Å². The first-order valence-electron chi connectivity index (χ1n) is 7.91. The highest BCUT2D eigenvalue weighted by atomic mass is 19.4. The zero-order chi connectivity index (χ0) is 20.9. The standard InChI is InChI=1S/C19H14F6O3/c1-2-27-17(26)8-5-12-3-6-15(7-4-12)28-16-10-13(18(20,21)22)9-14(11-16)19(23,24)25/h3-11H,2H2,1H3. The molecule has 0 aliphatic carbocycles. The van der Waals surface area contributed by atoms with E-state index < -0.39 is 35.2 Å². The van der Waals surface area contributed by atoms with Gasteiger partial charge in [0, 0.05) is 6.08 Å². The summed E-state index contributed by atoms with van der Waals surface area (Å²) >= 11 is 0. The number of alkyl halides is 6. The predicted molar refractivity (Wildman–Crippen MR) is 88.6 cm³/mol. The summed E-state index contributed by atoms with van der Waals surface area (Å²) in [4.78, 5) is 11.2. The molecule has 9 heteroatoms. The maximum Gasteiger partial charge on any atom is 0.416 e. The molecule has 0 unspecified atom stereocenters. The topological polar surface area (TPSA) is 35.5 Å². The second kappa shape index (κ2) is 8.37. The van der Waals surface area contributed by atoms with Gasteiger partial charge in [-0.2, -0.15) is 26.3 Å². The molecule has 0 aromatic heterocycles. The molecule has 2 aromatic carbocycles. The van der Waals surface area contributed by atoms with Crippen LogP contribution >= 0.6 is 0 Å². The number of halogens is 6. The molecule has 0 saturated heterocycles. The lowest BCUT2D eigenvalue weighted by Crippen LogP contribution is -2.11. The first-order chi connectivity index (χ1) is 13.0. The van der Waals surface area contributed by atoms with E-state index in [-0.39, 0.29) is 18.4 Å². The first kappa shape index (κ1) is 21.3. The van der Waals surface area contributed by atoms with Crippen molar-refractivity contribution in [2.24, 2.45) is 0 Å². The molecule has 2 rings (SSSR count). The number of benzene rings is 2. The fourth-order valence-corrected chi connectivity index (χ4v) is 2.12. The van der Waals surface area contributed by atoms with Crippen molar-refractivity contribution >= 4 is 12.0 Å². The summed E-state index contributed by atoms with van der Waals surface area (Å²) in [6.07, 6.45) is -7.29. The van der Waals surface area contributed by atoms with E-state index in [0.717, 1.165) is 0 Å². The molecule has 0 amide bonds. The van der Waals surface area contributed by atoms with Gasteiger partial charge < -0.3 is 9.47 Å². The minimum Gasteiger partial charge on any atom is -0.463 e. The van der Waals surface area contributed by atoms with Gasteiger partial charge in [0.1, 0.15) is 11.5 Å². The van der Waals surface area contributed by atoms with Gasteiger partial charge >= 0.3 is 18.3 Å². The van der Waals surface area contributed by atoms with Crippen LogP contribution < -0.4 is 4.74 Å². The van der Waals surface area contributed by atoms with Crippen LogP contribution in [0.15, 0.2) is 48.5 Å². The molecule has 0 heterocycles. The quantitative estimate of drug-likeness (QED) is 0.344. The van der Waals surface area contributed by atoms with Crippen molar-refractivity contribution < 1.29 is 40.6 Å². The summed E-state index contributed by atoms with van der Waals surface area (Å²) in [5.74, 6) is -1.12. The predicted octanol–water partition coefficient (Wildman–Crippen LogP) is 6.09. The minimum atomic E-state index is -4.96. The third-order valence-corrected chi connectivity index (χ3v) is 3.38. The van der Waals surface area contributed by atoms with E-state index in [1.54, 1.807) is 6.92 Å². The zero-order valence-electron chi connectivity index (χ0n) is 14.4. The van der Waals surface area contributed by atoms with Gasteiger partial charge in [0.25, 0.3) is 0 Å². The minimum absolute atomic E-state index is 0.0239. The lowest BCUT2D eigenvalue weighted by molar-refractivity contribution is -0.143. The van der Waals surface area contributed by atoms with Gasteiger partial charge in [-0.05, 0) is 48.9 Å². The number of esters is 1. The smallest absolute Gasteiger partial charge is 0.416 e. The molecule has 0 radical (unpaired) electrons. The maximum absolute atomic E-state index is 12.9. The molecular formula is C19H14F6O3. The van der Waals surface area contributed by atoms with Crippen LogP contribution in [0.5, 0.6) is 11.5 Å². The summed E-state index contributed by atoms with van der Waals surface area (Å²) in [5.41, 5.74) is -2.38. The third-order valence-electron chi connectivity index (χ3n) is 3.38. The highest BCUT2D eigenvalue weighted by Gasteiger charge is 2.37. The van der Waals surface area contributed by atoms with Gasteiger partial charge in [-0.25, -0.2) is 4.79 Å². The molecule has 0 fully saturated rings. The second-order valence-electron chi connectivity index (χ2n) is 5.50. The lowest BCUT2D eigenvalue weighted by Gasteiger charge is -2.14. The fourth-order valence-electron chi connectivity index (χ4n) is 2.12. The van der Waals surface area contributed by atoms with Crippen molar-refractivity contribution in [1.29, 1.82) is 0 Å². The molecule has 0 atom stereocenters. The van der Waals surface area contributed by atoms with Crippen molar-refractivity contribution in [3.8, 4) is 11.5 Å². The molecule has 3 nitrogen and oxygen atoms in total. The van der Waals surface area contributed by atoms with Crippen molar-refractivity contribution in [3.63, 3.8) is 0 Å². The van der Waals surface area contributed by atoms with E-state index in [9.17, 15) is 31.1 Å². The Kier molecular flexibility index (Phi) is 6.37. The van der Waals surface area contributed by atoms with Crippen LogP contribution in [0.2, 0.25) is 0 Å². The molecule has 150 valence electrons. The van der Waals surface area contributed by atoms with Crippen LogP contribution in [0.4, 0.5) is 26.3 Å². The molecule has 0 spiro atoms. The number of carbonyl (C=O) groups is 1. The summed E-state index contributed by atoms with van der Waals surface area (Å²) in [7, 11) is 0. The maximum atomic E-state index is 12.9. The highest BCUT2D eigenvalue weighted by molar-refractivity contribution is 5.87. The molecule has 2 aromatic rings. The number of hydrogen-bond acceptors (Lipinski definition) is 3. The van der Waals surface area contributed by atoms with Gasteiger partial charge in [-0.1, -0.05) is 12.1 Å². The average molecular weight is 404 g/mol. The van der Waals surface area contributed by atoms with Gasteiger partial charge in [0.05, 0.1) is 17.7 Å². The van der Waals surface area contributed by atoms with Crippen LogP contribution in [0.25, 0.3) is 6.08 Å². The Morgan fingerprint density at radius 2 is 1.43 bits per heavy atom. The molecular weight excluding hydrogens is 390 g/mol. The summed E-state index contributed by atoms with van der Waals surface area (Å²) < 4.78 is 87.0. The molecule has 28 heavy (non-hydrogen) atoms. The lowest BCUT2D eigenvalue weighted by atomic mass is 10.1. The number of hydrogen-bond donors (Lipinski definition) is 0. The number of rotatable bonds is 5. The van der Waals surface area contributed by atoms with E-state index in [0.29, 0.717) is 17.7 Å². The van der Waals surface area contributed by atoms with Crippen LogP contribution in [0, 0.1) is 0 Å². The van der Waals surface area contributed by atoms with E-state index in [4.69, 9.17) is 9.47 Å². The van der Waals surface area contributed by atoms with Crippen LogP contribution in [-0.4, -0.2) is 12.6 Å². The monoisotopic (exact) mass is 404 g/mol. The largest absolute Gasteiger partial charge is 0.463 e. The van der Waals surface area contributed by atoms with Crippen molar-refractivity contribution in [1.82, 2.24) is 0 Å². The van der Waals surface area contributed by atoms with E-state index in [2.05, 4.69) is 0 Å². The van der Waals surface area contributed by atoms with E-state index >= 15 is 0 Å². The number of carbonyl (C=O) groups excluding carboxylic acids is 1. The SMILES string of the molecule is CCOC(=O)C=Cc1ccc(Oc2cc(C(F)(F)F)cc(C(F)(F)F)c2)cc1. The Balaban J connectivity index is 2.24. The highest BCUT2D eigenvalue weighted by Crippen LogP contribution is 2.39. The van der Waals surface area contributed by atoms with Crippen LogP contribution in [0.1, 0.15) is 23.6 Å². The summed E-state index contributed by atoms with van der Waals surface area (Å²) in [5, 5.41) is 0. The Morgan fingerprint density at radius 3 is 1.89 bits per heavy atom. The van der Waals surface area contributed by atoms with Gasteiger partial charge in [0.2, 0.25) is 0 Å². The van der Waals surface area contributed by atoms with Crippen molar-refractivity contribution in [2.75, 3.05) is 6.61 Å². The van der Waals surface area contributed by atoms with E-state index in [1.165, 1.54) is 36.4 Å². The van der Waals surface area contributed by atoms with Crippen LogP contribution in [-0.2, 0) is 21.9 Å². The zero-order valence-corrected chi connectivity index (χ0v) is 14.4. The number of ether oxygens (including phenoxy) is 2. The first-order valence-corrected chi connectivity index (χ1v) is 7.91. The second-order valence-corrected chi connectivity index (χ2v) is 5.50.